The number of hydrogen-bond donors (Lipinski definition) is 1. The molecule has 0 amide bonds. The molecule has 9 heteroatoms. The first kappa shape index (κ1) is 97.2. The number of nitrogens with zero attached hydrogens (tertiary/aromatic N) is 1. The lowest BCUT2D eigenvalue weighted by Gasteiger charge is -2.25. The first-order valence-corrected chi connectivity index (χ1v) is 43.4. The first-order valence-electron chi connectivity index (χ1n) is 43.4. The minimum absolute atomic E-state index is 0.179. The van der Waals surface area contributed by atoms with Crippen molar-refractivity contribution < 1.29 is 42.9 Å². The molecule has 0 aromatic rings. The summed E-state index contributed by atoms with van der Waals surface area (Å²) in [6, 6.07) is 0. The average Bonchev–Trinajstić information content (AvgIpc) is 1.21. The average molecular weight is 1410 g/mol. The monoisotopic (exact) mass is 1410 g/mol. The van der Waals surface area contributed by atoms with Gasteiger partial charge >= 0.3 is 17.9 Å². The maximum Gasteiger partial charge on any atom is 0.361 e. The van der Waals surface area contributed by atoms with Gasteiger partial charge in [-0.25, -0.2) is 4.79 Å². The number of aliphatic carboxylic acids is 1. The van der Waals surface area contributed by atoms with Crippen LogP contribution in [-0.2, 0) is 33.3 Å². The molecule has 0 saturated carbocycles. The summed E-state index contributed by atoms with van der Waals surface area (Å²) in [4.78, 5) is 37.8. The predicted molar refractivity (Wildman–Crippen MR) is 438 cm³/mol. The maximum absolute atomic E-state index is 13.0. The highest BCUT2D eigenvalue weighted by Gasteiger charge is 2.25. The van der Waals surface area contributed by atoms with Crippen LogP contribution in [0.1, 0.15) is 412 Å². The number of carboxylic acids is 1. The number of quaternary nitrogens is 1. The van der Waals surface area contributed by atoms with Crippen molar-refractivity contribution in [1.82, 2.24) is 0 Å². The van der Waals surface area contributed by atoms with Crippen LogP contribution < -0.4 is 0 Å². The Kier molecular flexibility index (Phi) is 78.8. The third-order valence-electron chi connectivity index (χ3n) is 19.4. The summed E-state index contributed by atoms with van der Waals surface area (Å²) in [5.41, 5.74) is 0. The summed E-state index contributed by atoms with van der Waals surface area (Å²) in [5, 5.41) is 9.79. The summed E-state index contributed by atoms with van der Waals surface area (Å²) < 4.78 is 23.1. The van der Waals surface area contributed by atoms with Crippen molar-refractivity contribution in [3.8, 4) is 0 Å². The van der Waals surface area contributed by atoms with Gasteiger partial charge in [-0.15, -0.1) is 0 Å². The molecule has 0 aromatic carbocycles. The van der Waals surface area contributed by atoms with Crippen molar-refractivity contribution in [3.63, 3.8) is 0 Å². The zero-order valence-corrected chi connectivity index (χ0v) is 67.3. The highest BCUT2D eigenvalue weighted by molar-refractivity contribution is 5.71. The van der Waals surface area contributed by atoms with Crippen LogP contribution in [0.4, 0.5) is 0 Å². The van der Waals surface area contributed by atoms with Crippen molar-refractivity contribution in [1.29, 1.82) is 0 Å². The topological polar surface area (TPSA) is 108 Å². The molecule has 9 nitrogen and oxygen atoms in total. The number of allylic oxidation sites excluding steroid dienone is 16. The molecule has 101 heavy (non-hydrogen) atoms. The van der Waals surface area contributed by atoms with Gasteiger partial charge in [0.15, 0.2) is 6.10 Å². The Morgan fingerprint density at radius 2 is 0.564 bits per heavy atom. The summed E-state index contributed by atoms with van der Waals surface area (Å²) in [7, 11) is 6.00. The highest BCUT2D eigenvalue weighted by Crippen LogP contribution is 2.20. The lowest BCUT2D eigenvalue weighted by Crippen LogP contribution is -2.40. The molecule has 586 valence electrons. The molecule has 0 aliphatic carbocycles. The van der Waals surface area contributed by atoms with Crippen LogP contribution in [-0.4, -0.2) is 87.4 Å². The van der Waals surface area contributed by atoms with Gasteiger partial charge in [-0.1, -0.05) is 419 Å². The largest absolute Gasteiger partial charge is 0.477 e. The van der Waals surface area contributed by atoms with Gasteiger partial charge in [-0.3, -0.25) is 9.59 Å². The second-order valence-corrected chi connectivity index (χ2v) is 30.5. The van der Waals surface area contributed by atoms with Crippen molar-refractivity contribution in [2.45, 2.75) is 424 Å². The standard InChI is InChI=1S/C92H165NO8/c1-6-8-10-12-14-16-18-20-22-24-26-28-30-32-34-36-38-40-42-43-44-45-46-47-49-51-53-55-57-59-61-63-65-67-69-71-73-75-77-79-81-83-90(95)101-88(87-100-92(91(96)97)98-85-84-93(3,4)5)86-99-89(94)82-80-78-76-74-72-70-68-66-64-62-60-58-56-54-52-50-48-41-39-37-35-33-31-29-27-25-23-21-19-17-15-13-11-9-7-2/h8,10,14,16,20,22,26,28,32,34,38,40,43-44,46-47,88,92H,6-7,9,11-13,15,17-19,21,23-25,27,29-31,33,35-37,39,41-42,45,48-87H2,1-5H3/p+1/b10-8-,16-14-,22-20-,28-26-,34-32-,40-38-,44-43-,47-46-. The molecule has 0 spiro atoms. The van der Waals surface area contributed by atoms with Crippen molar-refractivity contribution >= 4 is 17.9 Å². The lowest BCUT2D eigenvalue weighted by atomic mass is 10.0. The van der Waals surface area contributed by atoms with Gasteiger partial charge in [-0.2, -0.15) is 0 Å². The predicted octanol–water partition coefficient (Wildman–Crippen LogP) is 28.3. The van der Waals surface area contributed by atoms with E-state index in [-0.39, 0.29) is 38.2 Å². The lowest BCUT2D eigenvalue weighted by molar-refractivity contribution is -0.870. The van der Waals surface area contributed by atoms with Crippen LogP contribution in [0.5, 0.6) is 0 Å². The van der Waals surface area contributed by atoms with Crippen molar-refractivity contribution in [2.75, 3.05) is 47.5 Å². The van der Waals surface area contributed by atoms with E-state index in [2.05, 4.69) is 111 Å². The number of ether oxygens (including phenoxy) is 4. The Labute approximate surface area is 626 Å². The van der Waals surface area contributed by atoms with Gasteiger partial charge in [0.2, 0.25) is 0 Å². The second-order valence-electron chi connectivity index (χ2n) is 30.5. The number of carbonyl (C=O) groups excluding carboxylic acids is 2. The fourth-order valence-electron chi connectivity index (χ4n) is 12.8. The third kappa shape index (κ3) is 83.4. The van der Waals surface area contributed by atoms with Crippen LogP contribution in [0, 0.1) is 0 Å². The Morgan fingerprint density at radius 3 is 0.842 bits per heavy atom. The van der Waals surface area contributed by atoms with Crippen LogP contribution in [0.15, 0.2) is 97.2 Å². The molecule has 0 heterocycles. The second kappa shape index (κ2) is 81.9. The Bertz CT molecular complexity index is 1990. The summed E-state index contributed by atoms with van der Waals surface area (Å²) in [6.07, 6.45) is 112. The Morgan fingerprint density at radius 1 is 0.307 bits per heavy atom. The molecule has 0 fully saturated rings. The van der Waals surface area contributed by atoms with Crippen LogP contribution in [0.2, 0.25) is 0 Å². The fourth-order valence-corrected chi connectivity index (χ4v) is 12.8. The number of unbranched alkanes of at least 4 members (excludes halogenated alkanes) is 50. The zero-order valence-electron chi connectivity index (χ0n) is 67.3. The quantitative estimate of drug-likeness (QED) is 0.0211. The van der Waals surface area contributed by atoms with E-state index in [1.807, 2.05) is 21.1 Å². The number of hydrogen-bond acceptors (Lipinski definition) is 7. The molecule has 0 aromatic heterocycles. The van der Waals surface area contributed by atoms with Gasteiger partial charge in [0.25, 0.3) is 6.29 Å². The smallest absolute Gasteiger partial charge is 0.361 e. The number of likely N-dealkylation sites (N-methyl/N-ethyl adjacent to an activating group) is 1. The molecular weight excluding hydrogens is 1250 g/mol. The molecular formula is C92H166NO8+. The molecule has 2 atom stereocenters. The van der Waals surface area contributed by atoms with Gasteiger partial charge in [0.1, 0.15) is 13.2 Å². The number of esters is 2. The van der Waals surface area contributed by atoms with Gasteiger partial charge < -0.3 is 28.5 Å². The SMILES string of the molecule is CC/C=C\C/C=C\C/C=C\C/C=C\C/C=C\C/C=C\C/C=C\C/C=C\CCCCCCCCCCCCCCCCCCC(=O)OC(COC(=O)CCCCCCCCCCCCCCCCCCCCCCCCCCCCCCCCCCCCC)COC(OCC[N+](C)(C)C)C(=O)O. The fraction of sp³-hybridized carbons (Fsp3) is 0.793. The van der Waals surface area contributed by atoms with Gasteiger partial charge in [-0.05, 0) is 77.0 Å². The van der Waals surface area contributed by atoms with E-state index in [9.17, 15) is 19.5 Å². The third-order valence-corrected chi connectivity index (χ3v) is 19.4. The Hall–Kier alpha value is -3.79. The van der Waals surface area contributed by atoms with Crippen molar-refractivity contribution in [2.24, 2.45) is 0 Å². The van der Waals surface area contributed by atoms with E-state index < -0.39 is 18.4 Å². The summed E-state index contributed by atoms with van der Waals surface area (Å²) in [6.45, 7) is 4.83. The molecule has 0 radical (unpaired) electrons. The van der Waals surface area contributed by atoms with E-state index in [0.29, 0.717) is 17.4 Å². The summed E-state index contributed by atoms with van der Waals surface area (Å²) in [5.74, 6) is -1.98. The van der Waals surface area contributed by atoms with Crippen molar-refractivity contribution in [3.05, 3.63) is 97.2 Å². The van der Waals surface area contributed by atoms with Crippen LogP contribution >= 0.6 is 0 Å². The normalized spacial score (nSPS) is 13.1. The van der Waals surface area contributed by atoms with Crippen LogP contribution in [0.25, 0.3) is 0 Å². The maximum atomic E-state index is 13.0. The summed E-state index contributed by atoms with van der Waals surface area (Å²) >= 11 is 0. The molecule has 0 aliphatic heterocycles. The molecule has 2 unspecified atom stereocenters. The van der Waals surface area contributed by atoms with E-state index in [4.69, 9.17) is 18.9 Å². The van der Waals surface area contributed by atoms with E-state index >= 15 is 0 Å². The highest BCUT2D eigenvalue weighted by atomic mass is 16.7. The number of carboxylic acid groups (broad SMARTS) is 1. The molecule has 1 N–H and O–H groups in total. The van der Waals surface area contributed by atoms with Crippen LogP contribution in [0.3, 0.4) is 0 Å². The molecule has 0 bridgehead atoms. The minimum atomic E-state index is -1.51. The Balaban J connectivity index is 3.97. The van der Waals surface area contributed by atoms with E-state index in [1.165, 1.54) is 295 Å². The number of carbonyl (C=O) groups is 3. The van der Waals surface area contributed by atoms with Gasteiger partial charge in [0, 0.05) is 12.8 Å². The first-order chi connectivity index (χ1) is 49.6. The minimum Gasteiger partial charge on any atom is -0.477 e. The molecule has 0 aliphatic rings. The van der Waals surface area contributed by atoms with E-state index in [0.717, 1.165) is 89.9 Å². The molecule has 0 saturated heterocycles. The van der Waals surface area contributed by atoms with E-state index in [1.54, 1.807) is 0 Å². The zero-order chi connectivity index (χ0) is 73.2. The molecule has 0 rings (SSSR count). The van der Waals surface area contributed by atoms with Gasteiger partial charge in [0.05, 0.1) is 34.4 Å². The number of rotatable bonds is 81.